The molecule has 0 amide bonds. The van der Waals surface area contributed by atoms with Gasteiger partial charge in [-0.3, -0.25) is 0 Å². The van der Waals surface area contributed by atoms with Gasteiger partial charge in [0.25, 0.3) is 0 Å². The van der Waals surface area contributed by atoms with Crippen LogP contribution in [0.5, 0.6) is 5.75 Å². The van der Waals surface area contributed by atoms with Crippen molar-refractivity contribution in [2.45, 2.75) is 0 Å². The molecule has 0 aliphatic heterocycles. The van der Waals surface area contributed by atoms with Crippen LogP contribution in [0.3, 0.4) is 0 Å². The molecule has 2 aromatic carbocycles. The van der Waals surface area contributed by atoms with Gasteiger partial charge in [-0.25, -0.2) is 9.37 Å². The molecule has 0 saturated heterocycles. The number of rotatable bonds is 1. The fraction of sp³-hybridized carbons (Fsp3) is 0.0714. The minimum absolute atomic E-state index is 0.0673. The quantitative estimate of drug-likeness (QED) is 0.627. The zero-order valence-electron chi connectivity index (χ0n) is 10.7. The van der Waals surface area contributed by atoms with Crippen LogP contribution in [0.25, 0.3) is 22.4 Å². The van der Waals surface area contributed by atoms with E-state index in [1.807, 2.05) is 0 Å². The van der Waals surface area contributed by atoms with Crippen LogP contribution in [-0.2, 0) is 7.05 Å². The second kappa shape index (κ2) is 5.05. The first-order valence-electron chi connectivity index (χ1n) is 5.89. The van der Waals surface area contributed by atoms with Crippen molar-refractivity contribution < 1.29 is 9.50 Å². The van der Waals surface area contributed by atoms with Gasteiger partial charge in [0, 0.05) is 13.1 Å². The van der Waals surface area contributed by atoms with Crippen LogP contribution in [-0.4, -0.2) is 14.7 Å². The third-order valence-corrected chi connectivity index (χ3v) is 4.29. The number of halogens is 4. The molecule has 1 N–H and O–H groups in total. The molecule has 0 aliphatic carbocycles. The average molecular weight is 346 g/mol. The highest BCUT2D eigenvalue weighted by Gasteiger charge is 2.21. The van der Waals surface area contributed by atoms with Crippen molar-refractivity contribution in [3.63, 3.8) is 0 Å². The van der Waals surface area contributed by atoms with Gasteiger partial charge in [0.2, 0.25) is 0 Å². The van der Waals surface area contributed by atoms with Gasteiger partial charge in [0.15, 0.2) is 0 Å². The summed E-state index contributed by atoms with van der Waals surface area (Å²) in [5.41, 5.74) is 1.35. The molecule has 108 valence electrons. The van der Waals surface area contributed by atoms with Crippen molar-refractivity contribution in [1.29, 1.82) is 0 Å². The molecule has 0 atom stereocenters. The fourth-order valence-corrected chi connectivity index (χ4v) is 2.88. The number of benzene rings is 2. The summed E-state index contributed by atoms with van der Waals surface area (Å²) in [6, 6.07) is 5.58. The highest BCUT2D eigenvalue weighted by atomic mass is 35.5. The lowest BCUT2D eigenvalue weighted by Crippen LogP contribution is -1.94. The summed E-state index contributed by atoms with van der Waals surface area (Å²) in [5.74, 6) is -0.265. The van der Waals surface area contributed by atoms with E-state index < -0.39 is 5.82 Å². The zero-order chi connectivity index (χ0) is 15.3. The highest BCUT2D eigenvalue weighted by Crippen LogP contribution is 2.44. The van der Waals surface area contributed by atoms with E-state index in [-0.39, 0.29) is 26.4 Å². The van der Waals surface area contributed by atoms with Crippen molar-refractivity contribution in [3.8, 4) is 17.1 Å². The van der Waals surface area contributed by atoms with Crippen LogP contribution in [0.2, 0.25) is 15.1 Å². The molecule has 0 radical (unpaired) electrons. The van der Waals surface area contributed by atoms with E-state index in [9.17, 15) is 9.50 Å². The molecule has 1 heterocycles. The molecule has 7 heteroatoms. The lowest BCUT2D eigenvalue weighted by atomic mass is 10.2. The topological polar surface area (TPSA) is 38.0 Å². The third kappa shape index (κ3) is 2.24. The predicted molar refractivity (Wildman–Crippen MR) is 82.8 cm³/mol. The van der Waals surface area contributed by atoms with Crippen LogP contribution in [0.15, 0.2) is 24.3 Å². The Morgan fingerprint density at radius 1 is 1.14 bits per heavy atom. The Morgan fingerprint density at radius 2 is 1.86 bits per heavy atom. The Morgan fingerprint density at radius 3 is 2.57 bits per heavy atom. The Bertz CT molecular complexity index is 850. The summed E-state index contributed by atoms with van der Waals surface area (Å²) in [7, 11) is 1.73. The van der Waals surface area contributed by atoms with Gasteiger partial charge in [-0.2, -0.15) is 0 Å². The SMILES string of the molecule is Cn1c(-c2c(O)c(Cl)cc(Cl)c2Cl)nc2cc(F)ccc21. The standard InChI is InChI=1S/C14H8Cl3FN2O/c1-20-10-3-2-6(18)4-9(10)19-14(20)11-12(17)7(15)5-8(16)13(11)21/h2-5,21H,1H3. The van der Waals surface area contributed by atoms with Crippen LogP contribution in [0, 0.1) is 5.82 Å². The first-order valence-corrected chi connectivity index (χ1v) is 7.02. The number of nitrogens with zero attached hydrogens (tertiary/aromatic N) is 2. The van der Waals surface area contributed by atoms with E-state index in [0.29, 0.717) is 16.9 Å². The number of aromatic nitrogens is 2. The molecular weight excluding hydrogens is 338 g/mol. The van der Waals surface area contributed by atoms with Crippen molar-refractivity contribution in [3.05, 3.63) is 45.2 Å². The molecule has 0 saturated carbocycles. The molecule has 0 aliphatic rings. The van der Waals surface area contributed by atoms with Crippen LogP contribution < -0.4 is 0 Å². The number of hydrogen-bond donors (Lipinski definition) is 1. The first-order chi connectivity index (χ1) is 9.90. The molecule has 0 unspecified atom stereocenters. The van der Waals surface area contributed by atoms with Crippen LogP contribution in [0.4, 0.5) is 4.39 Å². The van der Waals surface area contributed by atoms with Gasteiger partial charge in [0.1, 0.15) is 17.4 Å². The van der Waals surface area contributed by atoms with Crippen LogP contribution in [0.1, 0.15) is 0 Å². The highest BCUT2D eigenvalue weighted by molar-refractivity contribution is 6.45. The van der Waals surface area contributed by atoms with Gasteiger partial charge in [-0.05, 0) is 18.2 Å². The van der Waals surface area contributed by atoms with Gasteiger partial charge < -0.3 is 9.67 Å². The molecule has 0 bridgehead atoms. The van der Waals surface area contributed by atoms with Gasteiger partial charge in [-0.1, -0.05) is 34.8 Å². The maximum atomic E-state index is 13.3. The molecule has 3 rings (SSSR count). The van der Waals surface area contributed by atoms with E-state index >= 15 is 0 Å². The van der Waals surface area contributed by atoms with E-state index in [0.717, 1.165) is 0 Å². The summed E-state index contributed by atoms with van der Waals surface area (Å²) in [5, 5.41) is 10.6. The monoisotopic (exact) mass is 344 g/mol. The second-order valence-electron chi connectivity index (χ2n) is 4.51. The zero-order valence-corrected chi connectivity index (χ0v) is 12.9. The first kappa shape index (κ1) is 14.4. The third-order valence-electron chi connectivity index (χ3n) is 3.21. The minimum Gasteiger partial charge on any atom is -0.506 e. The van der Waals surface area contributed by atoms with E-state index in [2.05, 4.69) is 4.98 Å². The summed E-state index contributed by atoms with van der Waals surface area (Å²) in [6.45, 7) is 0. The number of hydrogen-bond acceptors (Lipinski definition) is 2. The summed E-state index contributed by atoms with van der Waals surface area (Å²) < 4.78 is 15.0. The van der Waals surface area contributed by atoms with Gasteiger partial charge in [-0.15, -0.1) is 0 Å². The Kier molecular flexibility index (Phi) is 3.48. The molecule has 21 heavy (non-hydrogen) atoms. The van der Waals surface area contributed by atoms with Crippen molar-refractivity contribution in [2.24, 2.45) is 7.05 Å². The van der Waals surface area contributed by atoms with Crippen molar-refractivity contribution >= 4 is 45.8 Å². The molecular formula is C14H8Cl3FN2O. The van der Waals surface area contributed by atoms with E-state index in [4.69, 9.17) is 34.8 Å². The van der Waals surface area contributed by atoms with Crippen molar-refractivity contribution in [2.75, 3.05) is 0 Å². The fourth-order valence-electron chi connectivity index (χ4n) is 2.19. The summed E-state index contributed by atoms with van der Waals surface area (Å²) in [6.07, 6.45) is 0. The van der Waals surface area contributed by atoms with Crippen molar-refractivity contribution in [1.82, 2.24) is 9.55 Å². The number of phenolic OH excluding ortho intramolecular Hbond substituents is 1. The van der Waals surface area contributed by atoms with Gasteiger partial charge >= 0.3 is 0 Å². The Labute approximate surface area is 134 Å². The molecule has 3 aromatic rings. The van der Waals surface area contributed by atoms with E-state index in [1.165, 1.54) is 18.2 Å². The maximum absolute atomic E-state index is 13.3. The summed E-state index contributed by atoms with van der Waals surface area (Å²) in [4.78, 5) is 4.31. The van der Waals surface area contributed by atoms with Gasteiger partial charge in [0.05, 0.1) is 31.7 Å². The molecule has 0 spiro atoms. The van der Waals surface area contributed by atoms with Crippen LogP contribution >= 0.6 is 34.8 Å². The molecule has 1 aromatic heterocycles. The largest absolute Gasteiger partial charge is 0.506 e. The summed E-state index contributed by atoms with van der Waals surface area (Å²) >= 11 is 18.1. The number of imidazole rings is 1. The minimum atomic E-state index is -0.397. The maximum Gasteiger partial charge on any atom is 0.146 e. The predicted octanol–water partition coefficient (Wildman–Crippen LogP) is 5.05. The number of aromatic hydroxyl groups is 1. The lowest BCUT2D eigenvalue weighted by molar-refractivity contribution is 0.477. The number of aryl methyl sites for hydroxylation is 1. The molecule has 0 fully saturated rings. The average Bonchev–Trinajstić information content (AvgIpc) is 2.74. The lowest BCUT2D eigenvalue weighted by Gasteiger charge is -2.10. The second-order valence-corrected chi connectivity index (χ2v) is 5.70. The number of fused-ring (bicyclic) bond motifs is 1. The smallest absolute Gasteiger partial charge is 0.146 e. The Hall–Kier alpha value is -1.49. The molecule has 3 nitrogen and oxygen atoms in total. The Balaban J connectivity index is 2.38. The number of phenols is 1. The van der Waals surface area contributed by atoms with E-state index in [1.54, 1.807) is 17.7 Å². The normalized spacial score (nSPS) is 11.3.